The van der Waals surface area contributed by atoms with Crippen molar-refractivity contribution in [2.24, 2.45) is 4.99 Å². The first kappa shape index (κ1) is 20.4. The highest BCUT2D eigenvalue weighted by Crippen LogP contribution is 2.38. The third kappa shape index (κ3) is 4.94. The Balaban J connectivity index is 1.86. The lowest BCUT2D eigenvalue weighted by Crippen LogP contribution is -2.19. The fourth-order valence-corrected chi connectivity index (χ4v) is 3.83. The fraction of sp³-hybridized carbons (Fsp3) is 0.200. The average Bonchev–Trinajstić information content (AvgIpc) is 2.97. The molecule has 0 aliphatic carbocycles. The number of ether oxygens (including phenoxy) is 2. The summed E-state index contributed by atoms with van der Waals surface area (Å²) in [5, 5.41) is 3.15. The van der Waals surface area contributed by atoms with Crippen LogP contribution in [0.3, 0.4) is 0 Å². The first-order valence-corrected chi connectivity index (χ1v) is 10.1. The van der Waals surface area contributed by atoms with E-state index in [2.05, 4.69) is 26.2 Å². The van der Waals surface area contributed by atoms with E-state index >= 15 is 0 Å². The topological polar surface area (TPSA) is 59.9 Å². The van der Waals surface area contributed by atoms with Crippen molar-refractivity contribution in [2.75, 3.05) is 7.11 Å². The molecule has 1 heterocycles. The number of carbonyl (C=O) groups is 1. The predicted octanol–water partition coefficient (Wildman–Crippen LogP) is 5.28. The molecule has 0 aromatic heterocycles. The van der Waals surface area contributed by atoms with Gasteiger partial charge in [-0.25, -0.2) is 9.38 Å². The Labute approximate surface area is 175 Å². The van der Waals surface area contributed by atoms with Gasteiger partial charge in [0.2, 0.25) is 0 Å². The van der Waals surface area contributed by atoms with E-state index in [4.69, 9.17) is 9.47 Å². The van der Waals surface area contributed by atoms with Gasteiger partial charge in [0.1, 0.15) is 5.82 Å². The Hall–Kier alpha value is -2.32. The number of nitrogens with one attached hydrogen (secondary N) is 1. The molecule has 1 saturated heterocycles. The van der Waals surface area contributed by atoms with E-state index in [1.807, 2.05) is 19.9 Å². The summed E-state index contributed by atoms with van der Waals surface area (Å²) in [4.78, 5) is 17.1. The average molecular weight is 465 g/mol. The predicted molar refractivity (Wildman–Crippen MR) is 114 cm³/mol. The van der Waals surface area contributed by atoms with E-state index in [-0.39, 0.29) is 17.8 Å². The van der Waals surface area contributed by atoms with E-state index in [9.17, 15) is 9.18 Å². The zero-order chi connectivity index (χ0) is 20.3. The molecule has 5 nitrogen and oxygen atoms in total. The summed E-state index contributed by atoms with van der Waals surface area (Å²) in [6, 6.07) is 9.40. The number of hydrogen-bond acceptors (Lipinski definition) is 5. The SMILES string of the molecule is COc1cc(/C=C2/SC(=Nc3ccc(F)cc3)NC2=O)cc(Br)c1OC(C)C. The lowest BCUT2D eigenvalue weighted by Gasteiger charge is -2.16. The minimum absolute atomic E-state index is 0.00389. The summed E-state index contributed by atoms with van der Waals surface area (Å²) in [6.07, 6.45) is 1.75. The number of methoxy groups -OCH3 is 1. The maximum absolute atomic E-state index is 13.0. The number of nitrogens with zero attached hydrogens (tertiary/aromatic N) is 1. The number of rotatable bonds is 5. The second-order valence-electron chi connectivity index (χ2n) is 6.16. The molecule has 3 rings (SSSR count). The molecule has 2 aromatic rings. The Bertz CT molecular complexity index is 959. The van der Waals surface area contributed by atoms with E-state index in [0.29, 0.717) is 27.3 Å². The lowest BCUT2D eigenvalue weighted by atomic mass is 10.2. The third-order valence-corrected chi connectivity index (χ3v) is 5.11. The maximum atomic E-state index is 13.0. The van der Waals surface area contributed by atoms with Crippen LogP contribution in [-0.4, -0.2) is 24.3 Å². The number of aliphatic imine (C=N–C) groups is 1. The summed E-state index contributed by atoms with van der Waals surface area (Å²) in [5.74, 6) is 0.598. The smallest absolute Gasteiger partial charge is 0.264 e. The van der Waals surface area contributed by atoms with Crippen LogP contribution >= 0.6 is 27.7 Å². The van der Waals surface area contributed by atoms with Gasteiger partial charge in [-0.1, -0.05) is 0 Å². The third-order valence-electron chi connectivity index (χ3n) is 3.61. The molecule has 0 atom stereocenters. The molecule has 0 bridgehead atoms. The zero-order valence-electron chi connectivity index (χ0n) is 15.5. The van der Waals surface area contributed by atoms with Crippen LogP contribution in [-0.2, 0) is 4.79 Å². The van der Waals surface area contributed by atoms with Gasteiger partial charge in [-0.15, -0.1) is 0 Å². The molecule has 0 unspecified atom stereocenters. The second kappa shape index (κ2) is 8.79. The van der Waals surface area contributed by atoms with E-state index in [1.54, 1.807) is 31.4 Å². The monoisotopic (exact) mass is 464 g/mol. The molecule has 1 aliphatic rings. The normalized spacial score (nSPS) is 16.7. The van der Waals surface area contributed by atoms with Crippen LogP contribution in [0.4, 0.5) is 10.1 Å². The van der Waals surface area contributed by atoms with Crippen LogP contribution in [0.2, 0.25) is 0 Å². The van der Waals surface area contributed by atoms with Crippen LogP contribution in [0.25, 0.3) is 6.08 Å². The molecule has 28 heavy (non-hydrogen) atoms. The van der Waals surface area contributed by atoms with Crippen molar-refractivity contribution >= 4 is 50.5 Å². The molecule has 1 N–H and O–H groups in total. The quantitative estimate of drug-likeness (QED) is 0.611. The van der Waals surface area contributed by atoms with Gasteiger partial charge in [-0.2, -0.15) is 0 Å². The standard InChI is InChI=1S/C20H18BrFN2O3S/c1-11(2)27-18-15(21)8-12(9-16(18)26-3)10-17-19(25)24-20(28-17)23-14-6-4-13(22)5-7-14/h4-11H,1-3H3,(H,23,24,25)/b17-10+. The van der Waals surface area contributed by atoms with Gasteiger partial charge in [-0.05, 0) is 89.6 Å². The van der Waals surface area contributed by atoms with Gasteiger partial charge in [0.05, 0.1) is 28.3 Å². The van der Waals surface area contributed by atoms with Crippen molar-refractivity contribution in [3.05, 3.63) is 57.2 Å². The molecule has 0 saturated carbocycles. The summed E-state index contributed by atoms with van der Waals surface area (Å²) in [6.45, 7) is 3.87. The largest absolute Gasteiger partial charge is 0.493 e. The highest BCUT2D eigenvalue weighted by Gasteiger charge is 2.24. The minimum Gasteiger partial charge on any atom is -0.493 e. The van der Waals surface area contributed by atoms with Crippen molar-refractivity contribution in [1.29, 1.82) is 0 Å². The van der Waals surface area contributed by atoms with Crippen LogP contribution in [0.1, 0.15) is 19.4 Å². The molecule has 1 fully saturated rings. The molecule has 8 heteroatoms. The summed E-state index contributed by atoms with van der Waals surface area (Å²) in [7, 11) is 1.57. The first-order chi connectivity index (χ1) is 13.4. The van der Waals surface area contributed by atoms with Crippen molar-refractivity contribution in [2.45, 2.75) is 20.0 Å². The van der Waals surface area contributed by atoms with Gasteiger partial charge in [0.25, 0.3) is 5.91 Å². The van der Waals surface area contributed by atoms with E-state index < -0.39 is 0 Å². The Morgan fingerprint density at radius 2 is 1.96 bits per heavy atom. The molecule has 2 aromatic carbocycles. The zero-order valence-corrected chi connectivity index (χ0v) is 17.9. The Morgan fingerprint density at radius 1 is 1.25 bits per heavy atom. The molecule has 0 radical (unpaired) electrons. The Morgan fingerprint density at radius 3 is 2.61 bits per heavy atom. The van der Waals surface area contributed by atoms with Gasteiger partial charge < -0.3 is 14.8 Å². The fourth-order valence-electron chi connectivity index (χ4n) is 2.44. The van der Waals surface area contributed by atoms with Gasteiger partial charge in [0, 0.05) is 0 Å². The number of hydrogen-bond donors (Lipinski definition) is 1. The van der Waals surface area contributed by atoms with Crippen LogP contribution < -0.4 is 14.8 Å². The van der Waals surface area contributed by atoms with Crippen LogP contribution in [0, 0.1) is 5.82 Å². The van der Waals surface area contributed by atoms with Crippen molar-refractivity contribution < 1.29 is 18.7 Å². The molecular weight excluding hydrogens is 447 g/mol. The number of halogens is 2. The lowest BCUT2D eigenvalue weighted by molar-refractivity contribution is -0.115. The number of amides is 1. The molecule has 1 aliphatic heterocycles. The van der Waals surface area contributed by atoms with Crippen molar-refractivity contribution in [3.8, 4) is 11.5 Å². The molecule has 1 amide bonds. The summed E-state index contributed by atoms with van der Waals surface area (Å²) < 4.78 is 24.9. The summed E-state index contributed by atoms with van der Waals surface area (Å²) in [5.41, 5.74) is 1.34. The van der Waals surface area contributed by atoms with Gasteiger partial charge >= 0.3 is 0 Å². The molecule has 0 spiro atoms. The summed E-state index contributed by atoms with van der Waals surface area (Å²) >= 11 is 4.71. The number of amidine groups is 1. The highest BCUT2D eigenvalue weighted by atomic mass is 79.9. The number of benzene rings is 2. The van der Waals surface area contributed by atoms with E-state index in [0.717, 1.165) is 10.0 Å². The van der Waals surface area contributed by atoms with Gasteiger partial charge in [0.15, 0.2) is 16.7 Å². The van der Waals surface area contributed by atoms with Gasteiger partial charge in [-0.3, -0.25) is 4.79 Å². The second-order valence-corrected chi connectivity index (χ2v) is 8.04. The molecular formula is C20H18BrFN2O3S. The van der Waals surface area contributed by atoms with Crippen LogP contribution in [0.5, 0.6) is 11.5 Å². The minimum atomic E-state index is -0.336. The highest BCUT2D eigenvalue weighted by molar-refractivity contribution is 9.10. The maximum Gasteiger partial charge on any atom is 0.264 e. The first-order valence-electron chi connectivity index (χ1n) is 8.45. The van der Waals surface area contributed by atoms with E-state index in [1.165, 1.54) is 23.9 Å². The molecule has 146 valence electrons. The number of thioether (sulfide) groups is 1. The number of carbonyl (C=O) groups excluding carboxylic acids is 1. The van der Waals surface area contributed by atoms with Crippen molar-refractivity contribution in [1.82, 2.24) is 5.32 Å². The van der Waals surface area contributed by atoms with Crippen LogP contribution in [0.15, 0.2) is 50.8 Å². The van der Waals surface area contributed by atoms with Crippen molar-refractivity contribution in [3.63, 3.8) is 0 Å². The Kier molecular flexibility index (Phi) is 6.41.